The Balaban J connectivity index is 1.16. The largest absolute Gasteiger partial charge is 0.491 e. The molecule has 6 heteroatoms. The predicted octanol–water partition coefficient (Wildman–Crippen LogP) is 1.91. The molecule has 1 saturated heterocycles. The third kappa shape index (κ3) is 7.02. The molecule has 2 N–H and O–H groups in total. The molecule has 0 spiro atoms. The highest BCUT2D eigenvalue weighted by molar-refractivity contribution is 5.29. The molecule has 168 valence electrons. The van der Waals surface area contributed by atoms with Crippen molar-refractivity contribution in [2.24, 2.45) is 0 Å². The smallest absolute Gasteiger partial charge is 0.119 e. The third-order valence-electron chi connectivity index (χ3n) is 6.06. The number of benzene rings is 2. The minimum atomic E-state index is -0.499. The summed E-state index contributed by atoms with van der Waals surface area (Å²) in [7, 11) is 0. The summed E-state index contributed by atoms with van der Waals surface area (Å²) in [5, 5.41) is 14.0. The number of hydrogen-bond donors (Lipinski definition) is 2. The molecule has 1 unspecified atom stereocenters. The lowest BCUT2D eigenvalue weighted by atomic mass is 10.00. The molecule has 0 saturated carbocycles. The van der Waals surface area contributed by atoms with E-state index in [4.69, 9.17) is 9.47 Å². The van der Waals surface area contributed by atoms with Crippen molar-refractivity contribution in [1.82, 2.24) is 15.1 Å². The third-order valence-corrected chi connectivity index (χ3v) is 6.06. The molecule has 2 aliphatic rings. The molecule has 4 rings (SSSR count). The molecule has 2 aliphatic heterocycles. The number of nitrogens with one attached hydrogen (secondary N) is 1. The summed E-state index contributed by atoms with van der Waals surface area (Å²) in [5.74, 6) is 0.815. The van der Waals surface area contributed by atoms with Gasteiger partial charge in [0, 0.05) is 52.4 Å². The van der Waals surface area contributed by atoms with E-state index in [0.717, 1.165) is 71.2 Å². The van der Waals surface area contributed by atoms with Gasteiger partial charge in [0.15, 0.2) is 0 Å². The van der Waals surface area contributed by atoms with Crippen LogP contribution in [0.3, 0.4) is 0 Å². The first-order valence-corrected chi connectivity index (χ1v) is 11.5. The summed E-state index contributed by atoms with van der Waals surface area (Å²) < 4.78 is 11.3. The van der Waals surface area contributed by atoms with E-state index in [0.29, 0.717) is 13.2 Å². The fourth-order valence-corrected chi connectivity index (χ4v) is 4.29. The van der Waals surface area contributed by atoms with E-state index in [1.807, 2.05) is 12.1 Å². The van der Waals surface area contributed by atoms with E-state index in [1.165, 1.54) is 16.7 Å². The van der Waals surface area contributed by atoms with Crippen molar-refractivity contribution >= 4 is 0 Å². The number of hydrogen-bond acceptors (Lipinski definition) is 6. The first-order valence-electron chi connectivity index (χ1n) is 11.5. The van der Waals surface area contributed by atoms with Gasteiger partial charge in [-0.3, -0.25) is 9.80 Å². The highest BCUT2D eigenvalue weighted by Crippen LogP contribution is 2.19. The number of nitrogens with zero attached hydrogens (tertiary/aromatic N) is 2. The Labute approximate surface area is 185 Å². The van der Waals surface area contributed by atoms with E-state index < -0.39 is 6.10 Å². The maximum Gasteiger partial charge on any atom is 0.119 e. The highest BCUT2D eigenvalue weighted by atomic mass is 16.5. The van der Waals surface area contributed by atoms with Crippen LogP contribution in [0.15, 0.2) is 48.5 Å². The Kier molecular flexibility index (Phi) is 8.32. The Morgan fingerprint density at radius 3 is 2.71 bits per heavy atom. The minimum absolute atomic E-state index is 0.312. The van der Waals surface area contributed by atoms with Gasteiger partial charge in [-0.2, -0.15) is 0 Å². The summed E-state index contributed by atoms with van der Waals surface area (Å²) in [6, 6.07) is 16.7. The monoisotopic (exact) mass is 425 g/mol. The number of β-amino-alcohol motifs (C(OH)–C–C–N with tert-alkyl or cyclic N) is 1. The SMILES string of the molecule is OC(COc1cccc(CNCCN2CCOCC2)c1)CN1CCc2ccccc2C1. The Hall–Kier alpha value is -1.96. The van der Waals surface area contributed by atoms with Crippen LogP contribution in [0, 0.1) is 0 Å². The van der Waals surface area contributed by atoms with Crippen LogP contribution in [0.2, 0.25) is 0 Å². The molecule has 0 aromatic heterocycles. The van der Waals surface area contributed by atoms with Crippen LogP contribution in [-0.4, -0.2) is 80.1 Å². The number of ether oxygens (including phenoxy) is 2. The molecule has 6 nitrogen and oxygen atoms in total. The minimum Gasteiger partial charge on any atom is -0.491 e. The Morgan fingerprint density at radius 2 is 1.84 bits per heavy atom. The van der Waals surface area contributed by atoms with Gasteiger partial charge in [0.2, 0.25) is 0 Å². The van der Waals surface area contributed by atoms with Gasteiger partial charge in [-0.15, -0.1) is 0 Å². The van der Waals surface area contributed by atoms with Crippen LogP contribution in [-0.2, 0) is 24.2 Å². The van der Waals surface area contributed by atoms with Gasteiger partial charge in [0.1, 0.15) is 18.5 Å². The predicted molar refractivity (Wildman–Crippen MR) is 122 cm³/mol. The van der Waals surface area contributed by atoms with Crippen LogP contribution >= 0.6 is 0 Å². The fourth-order valence-electron chi connectivity index (χ4n) is 4.29. The second-order valence-corrected chi connectivity index (χ2v) is 8.50. The van der Waals surface area contributed by atoms with Crippen LogP contribution in [0.4, 0.5) is 0 Å². The number of aliphatic hydroxyl groups is 1. The molecule has 2 aromatic rings. The van der Waals surface area contributed by atoms with Crippen molar-refractivity contribution < 1.29 is 14.6 Å². The lowest BCUT2D eigenvalue weighted by Gasteiger charge is -2.30. The zero-order valence-corrected chi connectivity index (χ0v) is 18.3. The molecule has 0 radical (unpaired) electrons. The van der Waals surface area contributed by atoms with E-state index in [-0.39, 0.29) is 0 Å². The molecule has 2 aromatic carbocycles. The van der Waals surface area contributed by atoms with Gasteiger partial charge < -0.3 is 19.9 Å². The number of fused-ring (bicyclic) bond motifs is 1. The topological polar surface area (TPSA) is 57.2 Å². The zero-order chi connectivity index (χ0) is 21.3. The lowest BCUT2D eigenvalue weighted by Crippen LogP contribution is -2.40. The molecule has 0 bridgehead atoms. The van der Waals surface area contributed by atoms with Crippen LogP contribution in [0.25, 0.3) is 0 Å². The van der Waals surface area contributed by atoms with Crippen molar-refractivity contribution in [3.8, 4) is 5.75 Å². The van der Waals surface area contributed by atoms with Crippen molar-refractivity contribution in [3.05, 3.63) is 65.2 Å². The zero-order valence-electron chi connectivity index (χ0n) is 18.3. The summed E-state index contributed by atoms with van der Waals surface area (Å²) in [5.41, 5.74) is 4.00. The van der Waals surface area contributed by atoms with E-state index in [2.05, 4.69) is 51.5 Å². The van der Waals surface area contributed by atoms with Gasteiger partial charge >= 0.3 is 0 Å². The molecule has 2 heterocycles. The molecule has 0 aliphatic carbocycles. The number of morpholine rings is 1. The molecule has 1 fully saturated rings. The normalized spacial score (nSPS) is 18.5. The molecule has 1 atom stereocenters. The first kappa shape index (κ1) is 22.2. The maximum atomic E-state index is 10.5. The maximum absolute atomic E-state index is 10.5. The second-order valence-electron chi connectivity index (χ2n) is 8.50. The van der Waals surface area contributed by atoms with Gasteiger partial charge in [-0.1, -0.05) is 36.4 Å². The Bertz CT molecular complexity index is 810. The molecule has 0 amide bonds. The molecular weight excluding hydrogens is 390 g/mol. The van der Waals surface area contributed by atoms with Gasteiger partial charge in [-0.25, -0.2) is 0 Å². The molecule has 31 heavy (non-hydrogen) atoms. The van der Waals surface area contributed by atoms with Gasteiger partial charge in [0.25, 0.3) is 0 Å². The van der Waals surface area contributed by atoms with E-state index in [9.17, 15) is 5.11 Å². The summed E-state index contributed by atoms with van der Waals surface area (Å²) in [6.45, 7) is 9.40. The lowest BCUT2D eigenvalue weighted by molar-refractivity contribution is 0.0384. The summed E-state index contributed by atoms with van der Waals surface area (Å²) >= 11 is 0. The quantitative estimate of drug-likeness (QED) is 0.567. The second kappa shape index (κ2) is 11.6. The number of rotatable bonds is 10. The van der Waals surface area contributed by atoms with E-state index in [1.54, 1.807) is 0 Å². The average molecular weight is 426 g/mol. The standard InChI is InChI=1S/C25H35N3O3/c29-24(19-28-10-8-22-5-1-2-6-23(22)18-28)20-31-25-7-3-4-21(16-25)17-26-9-11-27-12-14-30-15-13-27/h1-7,16,24,26,29H,8-15,17-20H2. The van der Waals surface area contributed by atoms with Crippen LogP contribution in [0.5, 0.6) is 5.75 Å². The Morgan fingerprint density at radius 1 is 1.00 bits per heavy atom. The highest BCUT2D eigenvalue weighted by Gasteiger charge is 2.18. The van der Waals surface area contributed by atoms with Crippen molar-refractivity contribution in [2.45, 2.75) is 25.6 Å². The summed E-state index contributed by atoms with van der Waals surface area (Å²) in [6.07, 6.45) is 0.546. The van der Waals surface area contributed by atoms with Gasteiger partial charge in [0.05, 0.1) is 13.2 Å². The average Bonchev–Trinajstić information content (AvgIpc) is 2.81. The van der Waals surface area contributed by atoms with Crippen LogP contribution < -0.4 is 10.1 Å². The van der Waals surface area contributed by atoms with E-state index >= 15 is 0 Å². The van der Waals surface area contributed by atoms with Crippen molar-refractivity contribution in [2.75, 3.05) is 59.1 Å². The molecular formula is C25H35N3O3. The van der Waals surface area contributed by atoms with Crippen molar-refractivity contribution in [3.63, 3.8) is 0 Å². The fraction of sp³-hybridized carbons (Fsp3) is 0.520. The number of aliphatic hydroxyl groups excluding tert-OH is 1. The van der Waals surface area contributed by atoms with Crippen molar-refractivity contribution in [1.29, 1.82) is 0 Å². The van der Waals surface area contributed by atoms with Crippen LogP contribution in [0.1, 0.15) is 16.7 Å². The first-order chi connectivity index (χ1) is 15.3. The van der Waals surface area contributed by atoms with Gasteiger partial charge in [-0.05, 0) is 35.2 Å². The summed E-state index contributed by atoms with van der Waals surface area (Å²) in [4.78, 5) is 4.74.